The van der Waals surface area contributed by atoms with Crippen molar-refractivity contribution in [2.24, 2.45) is 5.92 Å². The van der Waals surface area contributed by atoms with Gasteiger partial charge in [-0.2, -0.15) is 0 Å². The van der Waals surface area contributed by atoms with E-state index in [1.54, 1.807) is 0 Å². The normalized spacial score (nSPS) is 16.1. The number of nitro benzene ring substituents is 1. The van der Waals surface area contributed by atoms with Gasteiger partial charge in [0.1, 0.15) is 5.75 Å². The molecule has 1 heterocycles. The summed E-state index contributed by atoms with van der Waals surface area (Å²) in [7, 11) is 1.38. The monoisotopic (exact) mass is 461 g/mol. The predicted octanol–water partition coefficient (Wildman–Crippen LogP) is 3.97. The Bertz CT molecular complexity index is 985. The highest BCUT2D eigenvalue weighted by Gasteiger charge is 2.36. The fourth-order valence-corrected chi connectivity index (χ4v) is 3.61. The highest BCUT2D eigenvalue weighted by atomic mass is 79.9. The molecule has 0 spiro atoms. The third-order valence-electron chi connectivity index (χ3n) is 4.86. The van der Waals surface area contributed by atoms with E-state index in [1.165, 1.54) is 30.2 Å². The predicted molar refractivity (Wildman–Crippen MR) is 112 cm³/mol. The number of amides is 2. The Morgan fingerprint density at radius 3 is 2.52 bits per heavy atom. The summed E-state index contributed by atoms with van der Waals surface area (Å²) in [5.74, 6) is -0.803. The van der Waals surface area contributed by atoms with Crippen LogP contribution in [0.15, 0.2) is 34.8 Å². The van der Waals surface area contributed by atoms with Gasteiger partial charge in [0.05, 0.1) is 29.7 Å². The molecule has 0 aliphatic carbocycles. The second-order valence-electron chi connectivity index (χ2n) is 6.93. The second kappa shape index (κ2) is 8.20. The Kier molecular flexibility index (Phi) is 5.88. The summed E-state index contributed by atoms with van der Waals surface area (Å²) in [6.45, 7) is 4.05. The summed E-state index contributed by atoms with van der Waals surface area (Å²) in [5.41, 5.74) is 2.95. The zero-order chi connectivity index (χ0) is 21.3. The topological polar surface area (TPSA) is 102 Å². The number of carbonyl (C=O) groups is 2. The Balaban J connectivity index is 1.78. The summed E-state index contributed by atoms with van der Waals surface area (Å²) in [5, 5.41) is 13.8. The number of halogens is 1. The van der Waals surface area contributed by atoms with Crippen molar-refractivity contribution in [2.75, 3.05) is 23.9 Å². The third-order valence-corrected chi connectivity index (χ3v) is 6.12. The summed E-state index contributed by atoms with van der Waals surface area (Å²) >= 11 is 3.50. The number of non-ortho nitro benzene ring substituents is 1. The lowest BCUT2D eigenvalue weighted by molar-refractivity contribution is -0.384. The number of ether oxygens (including phenoxy) is 1. The van der Waals surface area contributed by atoms with Crippen LogP contribution in [0.5, 0.6) is 5.75 Å². The van der Waals surface area contributed by atoms with Gasteiger partial charge in [-0.25, -0.2) is 0 Å². The van der Waals surface area contributed by atoms with Crippen LogP contribution in [0.25, 0.3) is 0 Å². The maximum Gasteiger partial charge on any atom is 0.273 e. The Morgan fingerprint density at radius 2 is 1.93 bits per heavy atom. The number of benzene rings is 2. The Morgan fingerprint density at radius 1 is 1.28 bits per heavy atom. The van der Waals surface area contributed by atoms with Crippen LogP contribution in [0.3, 0.4) is 0 Å². The average Bonchev–Trinajstić information content (AvgIpc) is 3.07. The molecule has 9 heteroatoms. The minimum absolute atomic E-state index is 0.0560. The molecule has 1 saturated heterocycles. The van der Waals surface area contributed by atoms with Gasteiger partial charge in [0.25, 0.3) is 5.69 Å². The zero-order valence-electron chi connectivity index (χ0n) is 16.2. The smallest absolute Gasteiger partial charge is 0.273 e. The number of anilines is 2. The molecular weight excluding hydrogens is 442 g/mol. The first-order valence-corrected chi connectivity index (χ1v) is 9.71. The van der Waals surface area contributed by atoms with E-state index >= 15 is 0 Å². The molecule has 3 rings (SSSR count). The van der Waals surface area contributed by atoms with Crippen LogP contribution in [0, 0.1) is 29.9 Å². The molecule has 8 nitrogen and oxygen atoms in total. The van der Waals surface area contributed by atoms with E-state index in [9.17, 15) is 19.7 Å². The molecule has 29 heavy (non-hydrogen) atoms. The van der Waals surface area contributed by atoms with Crippen LogP contribution in [0.1, 0.15) is 17.5 Å². The van der Waals surface area contributed by atoms with Gasteiger partial charge in [0.2, 0.25) is 11.8 Å². The van der Waals surface area contributed by atoms with Crippen LogP contribution in [-0.2, 0) is 9.59 Å². The van der Waals surface area contributed by atoms with Crippen LogP contribution < -0.4 is 15.0 Å². The summed E-state index contributed by atoms with van der Waals surface area (Å²) < 4.78 is 6.21. The van der Waals surface area contributed by atoms with E-state index in [2.05, 4.69) is 21.2 Å². The first-order chi connectivity index (χ1) is 13.7. The molecule has 1 aliphatic heterocycles. The molecule has 0 radical (unpaired) electrons. The number of nitrogens with one attached hydrogen (secondary N) is 1. The number of carbonyl (C=O) groups excluding carboxylic acids is 2. The maximum absolute atomic E-state index is 12.7. The number of methoxy groups -OCH3 is 1. The number of hydrogen-bond donors (Lipinski definition) is 1. The van der Waals surface area contributed by atoms with Crippen molar-refractivity contribution in [3.63, 3.8) is 0 Å². The highest BCUT2D eigenvalue weighted by Crippen LogP contribution is 2.36. The van der Waals surface area contributed by atoms with Crippen molar-refractivity contribution in [2.45, 2.75) is 20.3 Å². The summed E-state index contributed by atoms with van der Waals surface area (Å²) in [4.78, 5) is 37.1. The fourth-order valence-electron chi connectivity index (χ4n) is 3.38. The molecule has 2 amide bonds. The molecule has 1 N–H and O–H groups in total. The van der Waals surface area contributed by atoms with Crippen molar-refractivity contribution < 1.29 is 19.2 Å². The highest BCUT2D eigenvalue weighted by molar-refractivity contribution is 9.10. The molecule has 0 saturated carbocycles. The molecule has 1 fully saturated rings. The SMILES string of the molecule is COc1cc([N+](=O)[O-])ccc1N1C[C@@H](C(=O)Nc2cc(C)c(Br)c(C)c2)CC1=O. The maximum atomic E-state index is 12.7. The standard InChI is InChI=1S/C20H20BrN3O5/c1-11-6-14(7-12(2)19(11)21)22-20(26)13-8-18(25)23(10-13)16-5-4-15(24(27)28)9-17(16)29-3/h4-7,9,13H,8,10H2,1-3H3,(H,22,26)/t13-/m0/s1. The molecule has 1 atom stereocenters. The van der Waals surface area contributed by atoms with E-state index in [0.29, 0.717) is 11.4 Å². The van der Waals surface area contributed by atoms with Gasteiger partial charge in [-0.1, -0.05) is 15.9 Å². The molecular formula is C20H20BrN3O5. The molecule has 2 aromatic rings. The second-order valence-corrected chi connectivity index (χ2v) is 7.72. The van der Waals surface area contributed by atoms with Crippen molar-refractivity contribution in [1.29, 1.82) is 0 Å². The Hall–Kier alpha value is -2.94. The van der Waals surface area contributed by atoms with Crippen molar-refractivity contribution in [3.8, 4) is 5.75 Å². The van der Waals surface area contributed by atoms with Crippen molar-refractivity contribution in [3.05, 3.63) is 56.0 Å². The first kappa shape index (κ1) is 20.8. The minimum atomic E-state index is -0.536. The molecule has 0 bridgehead atoms. The number of nitrogens with zero attached hydrogens (tertiary/aromatic N) is 2. The van der Waals surface area contributed by atoms with Gasteiger partial charge < -0.3 is 15.0 Å². The summed E-state index contributed by atoms with van der Waals surface area (Å²) in [6.07, 6.45) is 0.0560. The lowest BCUT2D eigenvalue weighted by Crippen LogP contribution is -2.28. The van der Waals surface area contributed by atoms with Gasteiger partial charge in [-0.05, 0) is 43.2 Å². The fraction of sp³-hybridized carbons (Fsp3) is 0.300. The molecule has 1 aliphatic rings. The van der Waals surface area contributed by atoms with Gasteiger partial charge in [0, 0.05) is 29.2 Å². The number of hydrogen-bond acceptors (Lipinski definition) is 5. The molecule has 2 aromatic carbocycles. The van der Waals surface area contributed by atoms with Crippen LogP contribution in [0.2, 0.25) is 0 Å². The van der Waals surface area contributed by atoms with E-state index in [0.717, 1.165) is 15.6 Å². The largest absolute Gasteiger partial charge is 0.494 e. The Labute approximate surface area is 176 Å². The van der Waals surface area contributed by atoms with Crippen molar-refractivity contribution >= 4 is 44.8 Å². The first-order valence-electron chi connectivity index (χ1n) is 8.91. The number of aryl methyl sites for hydroxylation is 2. The zero-order valence-corrected chi connectivity index (χ0v) is 17.8. The van der Waals surface area contributed by atoms with Gasteiger partial charge >= 0.3 is 0 Å². The lowest BCUT2D eigenvalue weighted by atomic mass is 10.1. The molecule has 0 aromatic heterocycles. The van der Waals surface area contributed by atoms with E-state index < -0.39 is 10.8 Å². The average molecular weight is 462 g/mol. The van der Waals surface area contributed by atoms with E-state index in [4.69, 9.17) is 4.74 Å². The van der Waals surface area contributed by atoms with E-state index in [1.807, 2.05) is 26.0 Å². The van der Waals surface area contributed by atoms with Gasteiger partial charge in [-0.15, -0.1) is 0 Å². The minimum Gasteiger partial charge on any atom is -0.494 e. The number of nitro groups is 1. The van der Waals surface area contributed by atoms with Gasteiger partial charge in [0.15, 0.2) is 0 Å². The number of rotatable bonds is 5. The molecule has 152 valence electrons. The summed E-state index contributed by atoms with van der Waals surface area (Å²) in [6, 6.07) is 7.78. The third kappa shape index (κ3) is 4.24. The molecule has 0 unspecified atom stereocenters. The van der Waals surface area contributed by atoms with Crippen LogP contribution in [-0.4, -0.2) is 30.4 Å². The van der Waals surface area contributed by atoms with Gasteiger partial charge in [-0.3, -0.25) is 19.7 Å². The van der Waals surface area contributed by atoms with Crippen LogP contribution >= 0.6 is 15.9 Å². The quantitative estimate of drug-likeness (QED) is 0.535. The van der Waals surface area contributed by atoms with Crippen molar-refractivity contribution in [1.82, 2.24) is 0 Å². The van der Waals surface area contributed by atoms with E-state index in [-0.39, 0.29) is 36.2 Å². The van der Waals surface area contributed by atoms with Crippen LogP contribution in [0.4, 0.5) is 17.1 Å². The lowest BCUT2D eigenvalue weighted by Gasteiger charge is -2.19.